The topological polar surface area (TPSA) is 70.5 Å². The molecule has 5 nitrogen and oxygen atoms in total. The Bertz CT molecular complexity index is 406. The van der Waals surface area contributed by atoms with Gasteiger partial charge in [0.2, 0.25) is 5.91 Å². The molecule has 0 radical (unpaired) electrons. The summed E-state index contributed by atoms with van der Waals surface area (Å²) < 4.78 is 0. The van der Waals surface area contributed by atoms with E-state index in [0.29, 0.717) is 25.8 Å². The number of carboxylic acids is 1. The predicted octanol–water partition coefficient (Wildman–Crippen LogP) is 1.73. The normalized spacial score (nSPS) is 10.2. The first kappa shape index (κ1) is 15.1. The second-order valence-corrected chi connectivity index (χ2v) is 4.52. The van der Waals surface area contributed by atoms with Gasteiger partial charge in [-0.1, -0.05) is 0 Å². The molecule has 1 amide bonds. The molecule has 1 rings (SSSR count). The summed E-state index contributed by atoms with van der Waals surface area (Å²) in [5.74, 6) is -0.738. The number of rotatable bonds is 8. The molecule has 104 valence electrons. The van der Waals surface area contributed by atoms with Crippen LogP contribution in [0.5, 0.6) is 0 Å². The zero-order valence-corrected chi connectivity index (χ0v) is 11.2. The molecule has 0 atom stereocenters. The number of carbonyl (C=O) groups excluding carboxylic acids is 1. The Morgan fingerprint density at radius 3 is 2.47 bits per heavy atom. The van der Waals surface area contributed by atoms with Crippen LogP contribution in [-0.2, 0) is 16.0 Å². The quantitative estimate of drug-likeness (QED) is 0.726. The molecule has 0 saturated heterocycles. The summed E-state index contributed by atoms with van der Waals surface area (Å²) in [6, 6.07) is 3.87. The van der Waals surface area contributed by atoms with Gasteiger partial charge in [0.1, 0.15) is 0 Å². The van der Waals surface area contributed by atoms with Gasteiger partial charge in [-0.05, 0) is 37.0 Å². The van der Waals surface area contributed by atoms with E-state index in [4.69, 9.17) is 5.11 Å². The Morgan fingerprint density at radius 2 is 1.84 bits per heavy atom. The molecule has 19 heavy (non-hydrogen) atoms. The highest BCUT2D eigenvalue weighted by molar-refractivity contribution is 5.75. The minimum Gasteiger partial charge on any atom is -0.481 e. The average molecular weight is 264 g/mol. The largest absolute Gasteiger partial charge is 0.481 e. The fraction of sp³-hybridized carbons (Fsp3) is 0.500. The van der Waals surface area contributed by atoms with Crippen LogP contribution in [0.1, 0.15) is 31.2 Å². The van der Waals surface area contributed by atoms with Crippen molar-refractivity contribution < 1.29 is 14.7 Å². The number of carboxylic acid groups (broad SMARTS) is 1. The van der Waals surface area contributed by atoms with Crippen molar-refractivity contribution in [3.8, 4) is 0 Å². The summed E-state index contributed by atoms with van der Waals surface area (Å²) >= 11 is 0. The van der Waals surface area contributed by atoms with Crippen LogP contribution in [0.15, 0.2) is 24.5 Å². The standard InChI is InChI=1S/C14H20N2O3/c1-16(11-8-12-6-9-15-10-7-12)13(17)4-2-3-5-14(18)19/h6-7,9-10H,2-5,8,11H2,1H3,(H,18,19). The lowest BCUT2D eigenvalue weighted by Gasteiger charge is -2.17. The van der Waals surface area contributed by atoms with Gasteiger partial charge in [0.25, 0.3) is 0 Å². The number of aromatic nitrogens is 1. The number of carbonyl (C=O) groups is 2. The van der Waals surface area contributed by atoms with Crippen molar-refractivity contribution in [2.45, 2.75) is 32.1 Å². The van der Waals surface area contributed by atoms with Crippen LogP contribution in [0.25, 0.3) is 0 Å². The molecule has 0 unspecified atom stereocenters. The molecule has 0 saturated carbocycles. The smallest absolute Gasteiger partial charge is 0.303 e. The number of hydrogen-bond donors (Lipinski definition) is 1. The SMILES string of the molecule is CN(CCc1ccncc1)C(=O)CCCCC(=O)O. The second-order valence-electron chi connectivity index (χ2n) is 4.52. The van der Waals surface area contributed by atoms with E-state index in [2.05, 4.69) is 4.98 Å². The van der Waals surface area contributed by atoms with Crippen molar-refractivity contribution in [2.24, 2.45) is 0 Å². The number of pyridine rings is 1. The Labute approximate surface area is 113 Å². The summed E-state index contributed by atoms with van der Waals surface area (Å²) in [5.41, 5.74) is 1.15. The van der Waals surface area contributed by atoms with Crippen molar-refractivity contribution in [1.29, 1.82) is 0 Å². The van der Waals surface area contributed by atoms with Crippen LogP contribution in [0.4, 0.5) is 0 Å². The fourth-order valence-electron chi connectivity index (χ4n) is 1.71. The Kier molecular flexibility index (Phi) is 6.57. The van der Waals surface area contributed by atoms with E-state index in [-0.39, 0.29) is 12.3 Å². The first-order chi connectivity index (χ1) is 9.09. The monoisotopic (exact) mass is 264 g/mol. The molecule has 0 aliphatic carbocycles. The third-order valence-corrected chi connectivity index (χ3v) is 2.94. The van der Waals surface area contributed by atoms with Gasteiger partial charge in [0.15, 0.2) is 0 Å². The number of amides is 1. The first-order valence-corrected chi connectivity index (χ1v) is 6.44. The summed E-state index contributed by atoms with van der Waals surface area (Å²) in [6.45, 7) is 0.668. The van der Waals surface area contributed by atoms with Crippen LogP contribution in [-0.4, -0.2) is 40.5 Å². The molecule has 1 heterocycles. The Morgan fingerprint density at radius 1 is 1.21 bits per heavy atom. The van der Waals surface area contributed by atoms with Crippen LogP contribution in [0, 0.1) is 0 Å². The average Bonchev–Trinajstić information content (AvgIpc) is 2.41. The highest BCUT2D eigenvalue weighted by atomic mass is 16.4. The molecule has 0 fully saturated rings. The van der Waals surface area contributed by atoms with Crippen LogP contribution < -0.4 is 0 Å². The van der Waals surface area contributed by atoms with Gasteiger partial charge in [-0.15, -0.1) is 0 Å². The lowest BCUT2D eigenvalue weighted by Crippen LogP contribution is -2.28. The van der Waals surface area contributed by atoms with Gasteiger partial charge in [-0.3, -0.25) is 14.6 Å². The first-order valence-electron chi connectivity index (χ1n) is 6.44. The molecule has 0 aliphatic rings. The minimum atomic E-state index is -0.807. The van der Waals surface area contributed by atoms with Gasteiger partial charge in [0, 0.05) is 38.8 Å². The molecule has 0 spiro atoms. The highest BCUT2D eigenvalue weighted by Crippen LogP contribution is 2.04. The molecule has 5 heteroatoms. The van der Waals surface area contributed by atoms with Crippen molar-refractivity contribution in [2.75, 3.05) is 13.6 Å². The lowest BCUT2D eigenvalue weighted by atomic mass is 10.1. The lowest BCUT2D eigenvalue weighted by molar-refractivity contribution is -0.137. The van der Waals surface area contributed by atoms with Gasteiger partial charge < -0.3 is 10.0 Å². The molecule has 1 aromatic heterocycles. The molecule has 0 aromatic carbocycles. The van der Waals surface area contributed by atoms with Gasteiger partial charge >= 0.3 is 5.97 Å². The fourth-order valence-corrected chi connectivity index (χ4v) is 1.71. The summed E-state index contributed by atoms with van der Waals surface area (Å²) in [4.78, 5) is 27.8. The molecule has 0 bridgehead atoms. The highest BCUT2D eigenvalue weighted by Gasteiger charge is 2.08. The van der Waals surface area contributed by atoms with E-state index in [9.17, 15) is 9.59 Å². The molecule has 1 aromatic rings. The van der Waals surface area contributed by atoms with Crippen molar-refractivity contribution in [1.82, 2.24) is 9.88 Å². The molecule has 1 N–H and O–H groups in total. The number of unbranched alkanes of at least 4 members (excludes halogenated alkanes) is 1. The molecular weight excluding hydrogens is 244 g/mol. The zero-order valence-electron chi connectivity index (χ0n) is 11.2. The van der Waals surface area contributed by atoms with E-state index in [0.717, 1.165) is 12.0 Å². The van der Waals surface area contributed by atoms with Gasteiger partial charge in [0.05, 0.1) is 0 Å². The van der Waals surface area contributed by atoms with E-state index >= 15 is 0 Å². The van der Waals surface area contributed by atoms with Crippen molar-refractivity contribution in [3.63, 3.8) is 0 Å². The van der Waals surface area contributed by atoms with Crippen molar-refractivity contribution >= 4 is 11.9 Å². The number of nitrogens with zero attached hydrogens (tertiary/aromatic N) is 2. The maximum Gasteiger partial charge on any atom is 0.303 e. The third-order valence-electron chi connectivity index (χ3n) is 2.94. The van der Waals surface area contributed by atoms with E-state index in [1.165, 1.54) is 0 Å². The number of hydrogen-bond acceptors (Lipinski definition) is 3. The van der Waals surface area contributed by atoms with E-state index < -0.39 is 5.97 Å². The minimum absolute atomic E-state index is 0.0689. The summed E-state index contributed by atoms with van der Waals surface area (Å²) in [5, 5.41) is 8.50. The number of likely N-dealkylation sites (N-methyl/N-ethyl adjacent to an activating group) is 1. The van der Waals surface area contributed by atoms with Crippen LogP contribution >= 0.6 is 0 Å². The van der Waals surface area contributed by atoms with E-state index in [1.54, 1.807) is 24.3 Å². The van der Waals surface area contributed by atoms with Crippen LogP contribution in [0.3, 0.4) is 0 Å². The van der Waals surface area contributed by atoms with Gasteiger partial charge in [-0.25, -0.2) is 0 Å². The Balaban J connectivity index is 2.20. The summed E-state index contributed by atoms with van der Waals surface area (Å²) in [6.07, 6.45) is 6.02. The second kappa shape index (κ2) is 8.24. The van der Waals surface area contributed by atoms with Gasteiger partial charge in [-0.2, -0.15) is 0 Å². The molecular formula is C14H20N2O3. The van der Waals surface area contributed by atoms with Crippen LogP contribution in [0.2, 0.25) is 0 Å². The van der Waals surface area contributed by atoms with Crippen molar-refractivity contribution in [3.05, 3.63) is 30.1 Å². The van der Waals surface area contributed by atoms with E-state index in [1.807, 2.05) is 12.1 Å². The number of aliphatic carboxylic acids is 1. The molecule has 0 aliphatic heterocycles. The zero-order chi connectivity index (χ0) is 14.1. The third kappa shape index (κ3) is 6.55. The predicted molar refractivity (Wildman–Crippen MR) is 71.7 cm³/mol. The summed E-state index contributed by atoms with van der Waals surface area (Å²) in [7, 11) is 1.78. The maximum atomic E-state index is 11.8. The maximum absolute atomic E-state index is 11.8. The Hall–Kier alpha value is -1.91.